The minimum atomic E-state index is -3.62. The molecule has 0 N–H and O–H groups in total. The molecule has 0 spiro atoms. The second-order valence-corrected chi connectivity index (χ2v) is 11.3. The summed E-state index contributed by atoms with van der Waals surface area (Å²) in [5.74, 6) is -0.0170. The van der Waals surface area contributed by atoms with Crippen LogP contribution in [0.2, 0.25) is 0 Å². The lowest BCUT2D eigenvalue weighted by molar-refractivity contribution is 0.0297. The Balaban J connectivity index is 1.65. The molecule has 0 amide bonds. The molecule has 1 atom stereocenters. The molecule has 3 rings (SSSR count). The van der Waals surface area contributed by atoms with Crippen LogP contribution in [0.1, 0.15) is 30.4 Å². The smallest absolute Gasteiger partial charge is 0.243 e. The van der Waals surface area contributed by atoms with E-state index in [0.29, 0.717) is 17.1 Å². The van der Waals surface area contributed by atoms with Crippen molar-refractivity contribution in [3.63, 3.8) is 0 Å². The molecule has 0 radical (unpaired) electrons. The number of ether oxygens (including phenoxy) is 1. The Kier molecular flexibility index (Phi) is 6.27. The summed E-state index contributed by atoms with van der Waals surface area (Å²) in [4.78, 5) is 0.292. The van der Waals surface area contributed by atoms with E-state index in [9.17, 15) is 16.8 Å². The normalized spacial score (nSPS) is 23.4. The molecular weight excluding hydrogens is 388 g/mol. The molecule has 2 aliphatic rings. The van der Waals surface area contributed by atoms with Crippen LogP contribution in [-0.4, -0.2) is 70.1 Å². The van der Waals surface area contributed by atoms with E-state index in [2.05, 4.69) is 0 Å². The van der Waals surface area contributed by atoms with Crippen molar-refractivity contribution in [1.82, 2.24) is 8.61 Å². The lowest BCUT2D eigenvalue weighted by atomic mass is 10.1. The topological polar surface area (TPSA) is 84.0 Å². The van der Waals surface area contributed by atoms with E-state index in [1.165, 1.54) is 8.61 Å². The molecule has 2 saturated heterocycles. The number of aryl methyl sites for hydroxylation is 2. The molecule has 27 heavy (non-hydrogen) atoms. The van der Waals surface area contributed by atoms with Crippen LogP contribution < -0.4 is 0 Å². The van der Waals surface area contributed by atoms with Gasteiger partial charge >= 0.3 is 0 Å². The molecule has 0 bridgehead atoms. The van der Waals surface area contributed by atoms with Gasteiger partial charge < -0.3 is 4.74 Å². The van der Waals surface area contributed by atoms with Crippen molar-refractivity contribution in [3.8, 4) is 0 Å². The van der Waals surface area contributed by atoms with Crippen LogP contribution in [0.25, 0.3) is 0 Å². The van der Waals surface area contributed by atoms with Crippen LogP contribution >= 0.6 is 0 Å². The Morgan fingerprint density at radius 1 is 1.00 bits per heavy atom. The molecule has 0 saturated carbocycles. The van der Waals surface area contributed by atoms with Crippen LogP contribution in [0, 0.1) is 13.8 Å². The molecule has 0 aromatic heterocycles. The lowest BCUT2D eigenvalue weighted by Crippen LogP contribution is -2.52. The Bertz CT molecular complexity index is 869. The standard InChI is InChI=1S/C18H28N2O5S2/c1-15-6-7-18(16(2)13-15)27(23,24)20-10-8-19(9-11-20)26(21,22)14-17-5-3-4-12-25-17/h6-7,13,17H,3-5,8-12,14H2,1-2H3. The monoisotopic (exact) mass is 416 g/mol. The Morgan fingerprint density at radius 3 is 2.26 bits per heavy atom. The zero-order valence-electron chi connectivity index (χ0n) is 15.9. The van der Waals surface area contributed by atoms with Gasteiger partial charge in [0.1, 0.15) is 0 Å². The van der Waals surface area contributed by atoms with Crippen LogP contribution in [0.15, 0.2) is 23.1 Å². The minimum Gasteiger partial charge on any atom is -0.377 e. The lowest BCUT2D eigenvalue weighted by Gasteiger charge is -2.34. The average Bonchev–Trinajstić information content (AvgIpc) is 2.62. The third-order valence-electron chi connectivity index (χ3n) is 5.21. The third kappa shape index (κ3) is 4.71. The molecule has 7 nitrogen and oxygen atoms in total. The molecule has 152 valence electrons. The highest BCUT2D eigenvalue weighted by atomic mass is 32.2. The first kappa shape index (κ1) is 20.7. The van der Waals surface area contributed by atoms with Crippen molar-refractivity contribution < 1.29 is 21.6 Å². The molecule has 1 unspecified atom stereocenters. The fourth-order valence-electron chi connectivity index (χ4n) is 3.70. The first-order valence-corrected chi connectivity index (χ1v) is 12.4. The van der Waals surface area contributed by atoms with Gasteiger partial charge in [0.15, 0.2) is 0 Å². The number of hydrogen-bond donors (Lipinski definition) is 0. The van der Waals surface area contributed by atoms with Crippen LogP contribution in [-0.2, 0) is 24.8 Å². The zero-order chi connectivity index (χ0) is 19.7. The van der Waals surface area contributed by atoms with E-state index in [1.54, 1.807) is 19.1 Å². The van der Waals surface area contributed by atoms with Gasteiger partial charge in [-0.05, 0) is 44.7 Å². The van der Waals surface area contributed by atoms with E-state index in [0.717, 1.165) is 24.8 Å². The summed E-state index contributed by atoms with van der Waals surface area (Å²) in [5, 5.41) is 0. The van der Waals surface area contributed by atoms with Crippen molar-refractivity contribution in [2.75, 3.05) is 38.5 Å². The van der Waals surface area contributed by atoms with Gasteiger partial charge in [0, 0.05) is 32.8 Å². The van der Waals surface area contributed by atoms with Crippen molar-refractivity contribution in [1.29, 1.82) is 0 Å². The quantitative estimate of drug-likeness (QED) is 0.726. The van der Waals surface area contributed by atoms with E-state index in [-0.39, 0.29) is 38.0 Å². The second kappa shape index (κ2) is 8.16. The third-order valence-corrected chi connectivity index (χ3v) is 9.21. The first-order chi connectivity index (χ1) is 12.7. The van der Waals surface area contributed by atoms with E-state index >= 15 is 0 Å². The van der Waals surface area contributed by atoms with Gasteiger partial charge in [-0.1, -0.05) is 17.7 Å². The summed E-state index contributed by atoms with van der Waals surface area (Å²) in [5.41, 5.74) is 1.71. The fourth-order valence-corrected chi connectivity index (χ4v) is 6.99. The average molecular weight is 417 g/mol. The molecule has 1 aromatic carbocycles. The molecule has 9 heteroatoms. The molecule has 2 aliphatic heterocycles. The summed E-state index contributed by atoms with van der Waals surface area (Å²) in [6, 6.07) is 5.26. The second-order valence-electron chi connectivity index (χ2n) is 7.34. The number of rotatable bonds is 5. The predicted molar refractivity (Wildman–Crippen MR) is 104 cm³/mol. The van der Waals surface area contributed by atoms with E-state index < -0.39 is 20.0 Å². The number of sulfonamides is 2. The van der Waals surface area contributed by atoms with Crippen molar-refractivity contribution >= 4 is 20.0 Å². The zero-order valence-corrected chi connectivity index (χ0v) is 17.6. The minimum absolute atomic E-state index is 0.0170. The molecule has 2 heterocycles. The highest BCUT2D eigenvalue weighted by Gasteiger charge is 2.35. The molecule has 0 aliphatic carbocycles. The highest BCUT2D eigenvalue weighted by molar-refractivity contribution is 7.89. The van der Waals surface area contributed by atoms with Crippen molar-refractivity contribution in [3.05, 3.63) is 29.3 Å². The first-order valence-electron chi connectivity index (χ1n) is 9.37. The van der Waals surface area contributed by atoms with Crippen LogP contribution in [0.3, 0.4) is 0 Å². The van der Waals surface area contributed by atoms with Crippen LogP contribution in [0.5, 0.6) is 0 Å². The van der Waals surface area contributed by atoms with Gasteiger partial charge in [-0.15, -0.1) is 0 Å². The summed E-state index contributed by atoms with van der Waals surface area (Å²) in [6.07, 6.45) is 2.48. The van der Waals surface area contributed by atoms with Gasteiger partial charge in [0.25, 0.3) is 0 Å². The predicted octanol–water partition coefficient (Wildman–Crippen LogP) is 1.51. The summed E-state index contributed by atoms with van der Waals surface area (Å²) < 4.78 is 59.5. The van der Waals surface area contributed by atoms with Gasteiger partial charge in [0.05, 0.1) is 16.8 Å². The van der Waals surface area contributed by atoms with Gasteiger partial charge in [-0.25, -0.2) is 16.8 Å². The largest absolute Gasteiger partial charge is 0.377 e. The maximum atomic E-state index is 12.9. The number of hydrogen-bond acceptors (Lipinski definition) is 5. The molecule has 1 aromatic rings. The maximum Gasteiger partial charge on any atom is 0.243 e. The van der Waals surface area contributed by atoms with Gasteiger partial charge in [-0.2, -0.15) is 8.61 Å². The maximum absolute atomic E-state index is 12.9. The SMILES string of the molecule is Cc1ccc(S(=O)(=O)N2CCN(S(=O)(=O)CC3CCCCO3)CC2)c(C)c1. The Labute approximate surface area is 162 Å². The number of benzene rings is 1. The van der Waals surface area contributed by atoms with Crippen molar-refractivity contribution in [2.24, 2.45) is 0 Å². The van der Waals surface area contributed by atoms with E-state index in [1.807, 2.05) is 13.0 Å². The van der Waals surface area contributed by atoms with Gasteiger partial charge in [-0.3, -0.25) is 0 Å². The van der Waals surface area contributed by atoms with E-state index in [4.69, 9.17) is 4.74 Å². The number of nitrogens with zero attached hydrogens (tertiary/aromatic N) is 2. The Hall–Kier alpha value is -1.00. The summed E-state index contributed by atoms with van der Waals surface area (Å²) >= 11 is 0. The molecular formula is C18H28N2O5S2. The highest BCUT2D eigenvalue weighted by Crippen LogP contribution is 2.23. The van der Waals surface area contributed by atoms with Crippen molar-refractivity contribution in [2.45, 2.75) is 44.1 Å². The summed E-state index contributed by atoms with van der Waals surface area (Å²) in [6.45, 7) is 5.01. The van der Waals surface area contributed by atoms with Gasteiger partial charge in [0.2, 0.25) is 20.0 Å². The fraction of sp³-hybridized carbons (Fsp3) is 0.667. The number of piperazine rings is 1. The summed E-state index contributed by atoms with van der Waals surface area (Å²) in [7, 11) is -7.06. The Morgan fingerprint density at radius 2 is 1.67 bits per heavy atom. The van der Waals surface area contributed by atoms with Crippen LogP contribution in [0.4, 0.5) is 0 Å². The molecule has 2 fully saturated rings.